The molecule has 6 atom stereocenters. The summed E-state index contributed by atoms with van der Waals surface area (Å²) in [5, 5.41) is 21.3. The van der Waals surface area contributed by atoms with Crippen LogP contribution in [0.5, 0.6) is 0 Å². The van der Waals surface area contributed by atoms with Crippen molar-refractivity contribution in [3.8, 4) is 0 Å². The molecule has 0 radical (unpaired) electrons. The van der Waals surface area contributed by atoms with Crippen LogP contribution in [0.3, 0.4) is 0 Å². The number of rotatable bonds is 9. The summed E-state index contributed by atoms with van der Waals surface area (Å²) < 4.78 is 32.0. The van der Waals surface area contributed by atoms with Crippen LogP contribution >= 0.6 is 0 Å². The summed E-state index contributed by atoms with van der Waals surface area (Å²) in [5.74, 6) is -0.135. The van der Waals surface area contributed by atoms with E-state index in [-0.39, 0.29) is 37.8 Å². The highest BCUT2D eigenvalue weighted by Gasteiger charge is 2.56. The van der Waals surface area contributed by atoms with E-state index >= 15 is 0 Å². The lowest BCUT2D eigenvalue weighted by molar-refractivity contribution is -0.203. The predicted molar refractivity (Wildman–Crippen MR) is 132 cm³/mol. The number of imidazole rings is 1. The molecular formula is C26H33N5O6. The molecule has 11 nitrogen and oxygen atoms in total. The van der Waals surface area contributed by atoms with Gasteiger partial charge in [0.1, 0.15) is 30.6 Å². The van der Waals surface area contributed by atoms with Crippen molar-refractivity contribution in [3.05, 3.63) is 48.4 Å². The summed E-state index contributed by atoms with van der Waals surface area (Å²) in [6, 6.07) is 10.3. The monoisotopic (exact) mass is 511 g/mol. The highest BCUT2D eigenvalue weighted by atomic mass is 16.8. The molecule has 0 amide bonds. The van der Waals surface area contributed by atoms with Gasteiger partial charge in [0.15, 0.2) is 17.8 Å². The second-order valence-corrected chi connectivity index (χ2v) is 10.2. The summed E-state index contributed by atoms with van der Waals surface area (Å²) in [7, 11) is 0. The van der Waals surface area contributed by atoms with Crippen LogP contribution in [-0.4, -0.2) is 74.5 Å². The normalized spacial score (nSPS) is 30.7. The molecular weight excluding hydrogens is 478 g/mol. The first kappa shape index (κ1) is 24.7. The maximum atomic E-state index is 9.12. The summed E-state index contributed by atoms with van der Waals surface area (Å²) >= 11 is 0. The summed E-state index contributed by atoms with van der Waals surface area (Å²) in [5.41, 5.74) is 2.64. The highest BCUT2D eigenvalue weighted by molar-refractivity contribution is 5.85. The Labute approximate surface area is 215 Å². The van der Waals surface area contributed by atoms with Gasteiger partial charge in [-0.15, -0.1) is 5.10 Å². The zero-order valence-electron chi connectivity index (χ0n) is 21.0. The van der Waals surface area contributed by atoms with Gasteiger partial charge in [0.25, 0.3) is 0 Å². The number of hydrogen-bond donors (Lipinski definition) is 2. The fourth-order valence-corrected chi connectivity index (χ4v) is 5.60. The van der Waals surface area contributed by atoms with E-state index in [9.17, 15) is 0 Å². The van der Waals surface area contributed by atoms with Gasteiger partial charge in [0, 0.05) is 0 Å². The fourth-order valence-electron chi connectivity index (χ4n) is 5.60. The van der Waals surface area contributed by atoms with Gasteiger partial charge in [-0.1, -0.05) is 30.3 Å². The Bertz CT molecular complexity index is 1210. The first-order valence-electron chi connectivity index (χ1n) is 12.8. The Morgan fingerprint density at radius 2 is 2.00 bits per heavy atom. The van der Waals surface area contributed by atoms with Gasteiger partial charge < -0.3 is 34.1 Å². The predicted octanol–water partition coefficient (Wildman–Crippen LogP) is 2.76. The van der Waals surface area contributed by atoms with Crippen molar-refractivity contribution in [2.24, 2.45) is 0 Å². The molecule has 2 N–H and O–H groups in total. The first-order valence-corrected chi connectivity index (χ1v) is 12.8. The van der Waals surface area contributed by atoms with Gasteiger partial charge in [-0.2, -0.15) is 5.10 Å². The summed E-state index contributed by atoms with van der Waals surface area (Å²) in [4.78, 5) is 4.67. The van der Waals surface area contributed by atoms with Crippen molar-refractivity contribution in [2.45, 2.75) is 82.2 Å². The first-order chi connectivity index (χ1) is 18.0. The van der Waals surface area contributed by atoms with Crippen LogP contribution in [0.15, 0.2) is 42.9 Å². The van der Waals surface area contributed by atoms with E-state index in [4.69, 9.17) is 28.8 Å². The molecule has 3 aliphatic rings. The van der Waals surface area contributed by atoms with E-state index < -0.39 is 18.1 Å². The Hall–Kier alpha value is -2.67. The zero-order valence-corrected chi connectivity index (χ0v) is 21.0. The Morgan fingerprint density at radius 3 is 2.84 bits per heavy atom. The maximum absolute atomic E-state index is 9.12. The van der Waals surface area contributed by atoms with E-state index in [1.54, 1.807) is 12.5 Å². The van der Waals surface area contributed by atoms with Gasteiger partial charge in [-0.05, 0) is 38.7 Å². The Balaban J connectivity index is 1.21. The van der Waals surface area contributed by atoms with Crippen molar-refractivity contribution in [1.82, 2.24) is 19.7 Å². The average Bonchev–Trinajstić information content (AvgIpc) is 3.66. The molecule has 0 bridgehead atoms. The third kappa shape index (κ3) is 4.95. The molecule has 11 heteroatoms. The van der Waals surface area contributed by atoms with Crippen LogP contribution in [0.25, 0.3) is 11.0 Å². The zero-order chi connectivity index (χ0) is 25.4. The summed E-state index contributed by atoms with van der Waals surface area (Å²) in [6.45, 7) is 4.14. The Kier molecular flexibility index (Phi) is 6.82. The van der Waals surface area contributed by atoms with Crippen LogP contribution in [0.1, 0.15) is 44.9 Å². The molecule has 3 aromatic rings. The van der Waals surface area contributed by atoms with Crippen molar-refractivity contribution >= 4 is 16.9 Å². The number of nitrogens with zero attached hydrogens (tertiary/aromatic N) is 4. The van der Waals surface area contributed by atoms with Crippen LogP contribution in [0, 0.1) is 0 Å². The van der Waals surface area contributed by atoms with Gasteiger partial charge in [-0.25, -0.2) is 4.98 Å². The quantitative estimate of drug-likeness (QED) is 0.415. The smallest absolute Gasteiger partial charge is 0.177 e. The number of aliphatic hydroxyl groups excluding tert-OH is 1. The van der Waals surface area contributed by atoms with Crippen molar-refractivity contribution in [1.29, 1.82) is 0 Å². The van der Waals surface area contributed by atoms with Gasteiger partial charge in [-0.3, -0.25) is 4.57 Å². The van der Waals surface area contributed by atoms with E-state index in [2.05, 4.69) is 32.6 Å². The number of aromatic nitrogens is 4. The molecule has 2 saturated heterocycles. The van der Waals surface area contributed by atoms with Gasteiger partial charge in [0.05, 0.1) is 43.4 Å². The highest BCUT2D eigenvalue weighted by Crippen LogP contribution is 2.44. The average molecular weight is 512 g/mol. The largest absolute Gasteiger partial charge is 0.371 e. The van der Waals surface area contributed by atoms with Gasteiger partial charge in [0.2, 0.25) is 0 Å². The Morgan fingerprint density at radius 1 is 1.16 bits per heavy atom. The molecule has 0 unspecified atom stereocenters. The molecule has 2 aromatic heterocycles. The molecule has 37 heavy (non-hydrogen) atoms. The number of benzene rings is 1. The van der Waals surface area contributed by atoms with Crippen LogP contribution in [0.4, 0.5) is 5.82 Å². The standard InChI is InChI=1S/C26H33N5O6/c1-26(2)36-22-20(13-33-15-32)35-25(23(22)37-26)31-14-27-21-18(31)11-28-30-24(21)29-17-9-6-10-19(17)34-12-16-7-4-3-5-8-16/h3-5,7-8,11,14,17,19-20,22-23,25,32H,6,9-10,12-13,15H2,1-2H3,(H,29,30)/t17-,19-,20+,22+,23+,25+/m0/s1. The maximum Gasteiger partial charge on any atom is 0.177 e. The lowest BCUT2D eigenvalue weighted by Gasteiger charge is -2.25. The molecule has 198 valence electrons. The second kappa shape index (κ2) is 10.2. The number of anilines is 1. The van der Waals surface area contributed by atoms with E-state index in [1.165, 1.54) is 0 Å². The molecule has 1 saturated carbocycles. The topological polar surface area (TPSA) is 122 Å². The molecule has 0 spiro atoms. The minimum atomic E-state index is -0.755. The van der Waals surface area contributed by atoms with Crippen LogP contribution in [0.2, 0.25) is 0 Å². The molecule has 1 aromatic carbocycles. The lowest BCUT2D eigenvalue weighted by Crippen LogP contribution is -2.33. The third-order valence-electron chi connectivity index (χ3n) is 7.25. The van der Waals surface area contributed by atoms with Crippen LogP contribution < -0.4 is 5.32 Å². The lowest BCUT2D eigenvalue weighted by atomic mass is 10.1. The molecule has 4 heterocycles. The van der Waals surface area contributed by atoms with Crippen LogP contribution in [-0.2, 0) is 30.3 Å². The van der Waals surface area contributed by atoms with E-state index in [0.29, 0.717) is 17.9 Å². The summed E-state index contributed by atoms with van der Waals surface area (Å²) in [6.07, 6.45) is 4.96. The molecule has 2 aliphatic heterocycles. The minimum Gasteiger partial charge on any atom is -0.371 e. The number of ether oxygens (including phenoxy) is 5. The van der Waals surface area contributed by atoms with E-state index in [0.717, 1.165) is 30.3 Å². The van der Waals surface area contributed by atoms with Crippen molar-refractivity contribution < 1.29 is 28.8 Å². The van der Waals surface area contributed by atoms with E-state index in [1.807, 2.05) is 36.6 Å². The SMILES string of the molecule is CC1(C)O[C@@H]2[C@H](O1)[C@@H](COCO)O[C@H]2n1cnc2c(N[C@H]3CCC[C@@H]3OCc3ccccc3)nncc21. The number of hydrogen-bond acceptors (Lipinski definition) is 10. The number of nitrogens with one attached hydrogen (secondary N) is 1. The fraction of sp³-hybridized carbons (Fsp3) is 0.577. The third-order valence-corrected chi connectivity index (χ3v) is 7.25. The molecule has 3 fully saturated rings. The van der Waals surface area contributed by atoms with Gasteiger partial charge >= 0.3 is 0 Å². The molecule has 1 aliphatic carbocycles. The number of fused-ring (bicyclic) bond motifs is 2. The second-order valence-electron chi connectivity index (χ2n) is 10.2. The minimum absolute atomic E-state index is 0.0804. The van der Waals surface area contributed by atoms with Crippen molar-refractivity contribution in [3.63, 3.8) is 0 Å². The van der Waals surface area contributed by atoms with Crippen molar-refractivity contribution in [2.75, 3.05) is 18.7 Å². The molecule has 6 rings (SSSR count). The number of aliphatic hydroxyl groups is 1.